The summed E-state index contributed by atoms with van der Waals surface area (Å²) < 4.78 is 40.0. The smallest absolute Gasteiger partial charge is 0.373 e. The van der Waals surface area contributed by atoms with Crippen molar-refractivity contribution in [2.75, 3.05) is 78.8 Å². The number of benzene rings is 5. The van der Waals surface area contributed by atoms with E-state index < -0.39 is 35.2 Å². The molecule has 2 unspecified atom stereocenters. The number of hydrogen-bond acceptors (Lipinski definition) is 17. The lowest BCUT2D eigenvalue weighted by molar-refractivity contribution is -0.191. The quantitative estimate of drug-likeness (QED) is 0.0108. The van der Waals surface area contributed by atoms with Crippen molar-refractivity contribution in [3.05, 3.63) is 130 Å². The van der Waals surface area contributed by atoms with E-state index in [1.54, 1.807) is 52.3 Å². The highest BCUT2D eigenvalue weighted by atomic mass is 32.1. The van der Waals surface area contributed by atoms with Crippen LogP contribution in [0.15, 0.2) is 112 Å². The van der Waals surface area contributed by atoms with Crippen LogP contribution in [-0.4, -0.2) is 130 Å². The number of aryl methyl sites for hydroxylation is 1. The third kappa shape index (κ3) is 19.6. The third-order valence-corrected chi connectivity index (χ3v) is 14.7. The number of thiocarbonyl (C=S) groups is 1. The number of aromatic hydroxyl groups is 1. The number of amides is 2. The molecule has 0 radical (unpaired) electrons. The van der Waals surface area contributed by atoms with Gasteiger partial charge in [-0.2, -0.15) is 9.59 Å². The van der Waals surface area contributed by atoms with Crippen molar-refractivity contribution in [3.63, 3.8) is 0 Å². The molecule has 0 saturated carbocycles. The molecule has 1 saturated heterocycles. The molecule has 4 N–H and O–H groups in total. The highest BCUT2D eigenvalue weighted by Gasteiger charge is 2.41. The summed E-state index contributed by atoms with van der Waals surface area (Å²) in [7, 11) is 3.12. The first kappa shape index (κ1) is 65.8. The lowest BCUT2D eigenvalue weighted by atomic mass is 9.84. The third-order valence-electron chi connectivity index (χ3n) is 14.4. The molecule has 21 heteroatoms. The van der Waals surface area contributed by atoms with Gasteiger partial charge in [-0.05, 0) is 122 Å². The van der Waals surface area contributed by atoms with E-state index in [1.165, 1.54) is 23.1 Å². The molecular weight excluding hydrogens is 1110 g/mol. The maximum Gasteiger partial charge on any atom is 0.373 e. The number of rotatable bonds is 30. The Morgan fingerprint density at radius 1 is 0.788 bits per heavy atom. The summed E-state index contributed by atoms with van der Waals surface area (Å²) in [6, 6.07) is 29.3. The summed E-state index contributed by atoms with van der Waals surface area (Å²) >= 11 is 5.48. The number of methoxy groups -OCH3 is 2. The molecule has 2 heterocycles. The predicted molar refractivity (Wildman–Crippen MR) is 320 cm³/mol. The van der Waals surface area contributed by atoms with Gasteiger partial charge in [0, 0.05) is 78.6 Å². The highest BCUT2D eigenvalue weighted by molar-refractivity contribution is 7.80. The Balaban J connectivity index is 0.00000377. The van der Waals surface area contributed by atoms with Crippen LogP contribution in [-0.2, 0) is 65.4 Å². The molecule has 0 aromatic heterocycles. The largest absolute Gasteiger partial charge is 0.508 e. The van der Waals surface area contributed by atoms with Crippen molar-refractivity contribution in [1.82, 2.24) is 15.5 Å². The topological polar surface area (TPSA) is 265 Å². The average molecular weight is 1190 g/mol. The average Bonchev–Trinajstić information content (AvgIpc) is 1.79. The summed E-state index contributed by atoms with van der Waals surface area (Å²) in [6.07, 6.45) is 2.70. The number of ether oxygens (including phenoxy) is 6. The van der Waals surface area contributed by atoms with Crippen LogP contribution < -0.4 is 30.9 Å². The molecule has 85 heavy (non-hydrogen) atoms. The molecule has 7 rings (SSSR count). The Morgan fingerprint density at radius 3 is 2.18 bits per heavy atom. The van der Waals surface area contributed by atoms with Crippen LogP contribution in [0.25, 0.3) is 33.4 Å². The zero-order valence-electron chi connectivity index (χ0n) is 48.6. The van der Waals surface area contributed by atoms with Crippen molar-refractivity contribution >= 4 is 69.5 Å². The number of phenols is 1. The number of ketones is 2. The lowest BCUT2D eigenvalue weighted by Crippen LogP contribution is -2.53. The first-order valence-electron chi connectivity index (χ1n) is 28.2. The molecule has 0 spiro atoms. The number of fused-ring (bicyclic) bond motifs is 2. The maximum absolute atomic E-state index is 14.1. The minimum Gasteiger partial charge on any atom is -0.508 e. The monoisotopic (exact) mass is 1190 g/mol. The van der Waals surface area contributed by atoms with E-state index in [2.05, 4.69) is 16.0 Å². The molecule has 2 atom stereocenters. The normalized spacial score (nSPS) is 13.4. The van der Waals surface area contributed by atoms with Crippen molar-refractivity contribution in [2.24, 2.45) is 5.41 Å². The van der Waals surface area contributed by atoms with Gasteiger partial charge >= 0.3 is 12.1 Å². The standard InChI is InChI=1S/C63H74N4O14S.CO2/c1-6-63(2,3)59(72)60(73)67-29-8-7-12-51(67)61(74)81-52(24-13-41-14-25-53(75-4)56(38-41)76-5)44-11-9-10-42(36-44)37-46(68)21-26-57(71)64-27-30-77-32-34-79-35-33-78-31-28-65-62(82)66-45-17-15-43(16-18-45)58-49-22-19-47(69)39-54(49)80-55-40-48(70)20-23-50(55)58;2-1-3/h9-11,14-20,22-23,25,36,38-40,51-52,69H,6-8,12-13,21,24,26-35,37H2,1-5H3,(H,64,71)(H2,65,66,82);. The van der Waals surface area contributed by atoms with Crippen LogP contribution in [0.4, 0.5) is 5.69 Å². The van der Waals surface area contributed by atoms with E-state index in [4.69, 9.17) is 54.6 Å². The van der Waals surface area contributed by atoms with Crippen LogP contribution in [0.3, 0.4) is 0 Å². The number of anilines is 1. The van der Waals surface area contributed by atoms with Gasteiger partial charge in [0.1, 0.15) is 35.0 Å². The van der Waals surface area contributed by atoms with Crippen LogP contribution in [0.1, 0.15) is 88.5 Å². The Hall–Kier alpha value is -8.33. The van der Waals surface area contributed by atoms with Gasteiger partial charge in [0.15, 0.2) is 22.0 Å². The molecule has 2 amide bonds. The summed E-state index contributed by atoms with van der Waals surface area (Å²) in [4.78, 5) is 96.5. The zero-order chi connectivity index (χ0) is 61.3. The highest BCUT2D eigenvalue weighted by Crippen LogP contribution is 2.41. The van der Waals surface area contributed by atoms with Gasteiger partial charge in [0.25, 0.3) is 5.91 Å². The molecule has 3 aliphatic rings. The SMILES string of the molecule is CCC(C)(C)C(=O)C(=O)N1CCCCC1C(=O)OC(CCc1ccc(OC)c(OC)c1)c1cccc(CC(=O)CCC(=O)NCCOCCOCCOCCNC(=S)Nc2ccc(-c3c4ccc(=O)cc-4oc4cc(O)ccc34)cc2)c1.O=C=O. The second-order valence-corrected chi connectivity index (χ2v) is 21.1. The van der Waals surface area contributed by atoms with Crippen LogP contribution in [0.5, 0.6) is 17.2 Å². The summed E-state index contributed by atoms with van der Waals surface area (Å²) in [5, 5.41) is 20.4. The van der Waals surface area contributed by atoms with E-state index in [0.29, 0.717) is 117 Å². The summed E-state index contributed by atoms with van der Waals surface area (Å²) in [5.74, 6) is -0.551. The summed E-state index contributed by atoms with van der Waals surface area (Å²) in [6.45, 7) is 8.43. The Labute approximate surface area is 499 Å². The van der Waals surface area contributed by atoms with Gasteiger partial charge in [-0.1, -0.05) is 63.2 Å². The minimum atomic E-state index is -0.910. The number of carbonyl (C=O) groups excluding carboxylic acids is 7. The number of piperidine rings is 1. The number of nitrogens with one attached hydrogen (secondary N) is 3. The number of nitrogens with zero attached hydrogens (tertiary/aromatic N) is 1. The molecule has 20 nitrogen and oxygen atoms in total. The van der Waals surface area contributed by atoms with Crippen LogP contribution in [0, 0.1) is 5.41 Å². The molecule has 4 aromatic rings. The predicted octanol–water partition coefficient (Wildman–Crippen LogP) is 8.35. The fourth-order valence-corrected chi connectivity index (χ4v) is 9.73. The number of likely N-dealkylation sites (tertiary alicyclic amines) is 1. The Morgan fingerprint density at radius 2 is 1.48 bits per heavy atom. The molecule has 1 aliphatic carbocycles. The Kier molecular flexibility index (Phi) is 25.7. The van der Waals surface area contributed by atoms with E-state index in [-0.39, 0.29) is 68.0 Å². The molecule has 4 aromatic carbocycles. The van der Waals surface area contributed by atoms with Crippen molar-refractivity contribution in [1.29, 1.82) is 0 Å². The molecule has 1 fully saturated rings. The van der Waals surface area contributed by atoms with E-state index in [0.717, 1.165) is 33.3 Å². The van der Waals surface area contributed by atoms with Crippen molar-refractivity contribution in [3.8, 4) is 39.7 Å². The van der Waals surface area contributed by atoms with Gasteiger partial charge in [-0.3, -0.25) is 24.0 Å². The molecule has 2 aliphatic heterocycles. The van der Waals surface area contributed by atoms with Gasteiger partial charge in [0.05, 0.1) is 53.9 Å². The van der Waals surface area contributed by atoms with Gasteiger partial charge in [0.2, 0.25) is 11.7 Å². The minimum absolute atomic E-state index is 0.0112. The lowest BCUT2D eigenvalue weighted by Gasteiger charge is -2.36. The number of Topliss-reactive ketones (excluding diaryl/α,β-unsaturated/α-hetero) is 2. The van der Waals surface area contributed by atoms with E-state index in [9.17, 15) is 33.9 Å². The van der Waals surface area contributed by atoms with Gasteiger partial charge in [-0.25, -0.2) is 4.79 Å². The molecule has 0 bridgehead atoms. The second kappa shape index (κ2) is 33.2. The summed E-state index contributed by atoms with van der Waals surface area (Å²) in [5.41, 5.74) is 5.05. The Bertz CT molecular complexity index is 3300. The molecular formula is C64H74N4O16S. The molecule has 452 valence electrons. The van der Waals surface area contributed by atoms with Gasteiger partial charge in [-0.15, -0.1) is 0 Å². The van der Waals surface area contributed by atoms with Crippen molar-refractivity contribution in [2.45, 2.75) is 90.7 Å². The maximum atomic E-state index is 14.1. The first-order chi connectivity index (χ1) is 41.0. The number of phenolic OH excluding ortho intramolecular Hbond substituents is 1. The first-order valence-corrected chi connectivity index (χ1v) is 28.6. The van der Waals surface area contributed by atoms with E-state index >= 15 is 0 Å². The van der Waals surface area contributed by atoms with Crippen LogP contribution in [0.2, 0.25) is 0 Å². The van der Waals surface area contributed by atoms with E-state index in [1.807, 2.05) is 67.6 Å². The van der Waals surface area contributed by atoms with Crippen molar-refractivity contribution < 1.29 is 71.5 Å². The number of esters is 1. The number of carbonyl (C=O) groups is 5. The number of hydrogen-bond donors (Lipinski definition) is 4. The zero-order valence-corrected chi connectivity index (χ0v) is 49.4. The van der Waals surface area contributed by atoms with Crippen LogP contribution >= 0.6 is 12.2 Å². The fourth-order valence-electron chi connectivity index (χ4n) is 9.51. The second-order valence-electron chi connectivity index (χ2n) is 20.7. The fraction of sp³-hybridized carbons (Fsp3) is 0.406. The van der Waals surface area contributed by atoms with Gasteiger partial charge < -0.3 is 58.8 Å².